The molecule has 0 atom stereocenters. The molecule has 4 aromatic rings. The number of rotatable bonds is 2. The molecule has 2 N–H and O–H groups in total. The fourth-order valence-corrected chi connectivity index (χ4v) is 3.88. The zero-order valence-electron chi connectivity index (χ0n) is 14.7. The van der Waals surface area contributed by atoms with Gasteiger partial charge in [-0.15, -0.1) is 0 Å². The molecule has 0 bridgehead atoms. The molecule has 0 spiro atoms. The molecular formula is C20H21N6+. The van der Waals surface area contributed by atoms with E-state index in [4.69, 9.17) is 0 Å². The van der Waals surface area contributed by atoms with Gasteiger partial charge in [0.25, 0.3) is 5.82 Å². The smallest absolute Gasteiger partial charge is 0.274 e. The average molecular weight is 345 g/mol. The van der Waals surface area contributed by atoms with Gasteiger partial charge in [0.15, 0.2) is 5.82 Å². The molecule has 4 heterocycles. The summed E-state index contributed by atoms with van der Waals surface area (Å²) in [7, 11) is 0. The van der Waals surface area contributed by atoms with E-state index in [1.54, 1.807) is 6.33 Å². The molecule has 1 aromatic carbocycles. The molecule has 0 saturated carbocycles. The van der Waals surface area contributed by atoms with E-state index in [0.717, 1.165) is 48.5 Å². The number of nitrogens with one attached hydrogen (secondary N) is 2. The Balaban J connectivity index is 1.49. The summed E-state index contributed by atoms with van der Waals surface area (Å²) in [4.78, 5) is 20.8. The molecule has 0 unspecified atom stereocenters. The van der Waals surface area contributed by atoms with Crippen LogP contribution < -0.4 is 14.8 Å². The number of piperazine rings is 1. The van der Waals surface area contributed by atoms with E-state index in [1.807, 2.05) is 12.3 Å². The number of aryl methyl sites for hydroxylation is 1. The van der Waals surface area contributed by atoms with Crippen LogP contribution >= 0.6 is 0 Å². The quantitative estimate of drug-likeness (QED) is 0.606. The van der Waals surface area contributed by atoms with Crippen molar-refractivity contribution >= 4 is 33.6 Å². The number of aromatic nitrogens is 4. The summed E-state index contributed by atoms with van der Waals surface area (Å²) in [5.41, 5.74) is 4.42. The van der Waals surface area contributed by atoms with E-state index in [-0.39, 0.29) is 0 Å². The van der Waals surface area contributed by atoms with Crippen molar-refractivity contribution < 1.29 is 4.98 Å². The number of nitrogens with zero attached hydrogens (tertiary/aromatic N) is 4. The van der Waals surface area contributed by atoms with Crippen molar-refractivity contribution in [2.75, 3.05) is 36.0 Å². The average Bonchev–Trinajstić information content (AvgIpc) is 3.09. The molecule has 0 radical (unpaired) electrons. The van der Waals surface area contributed by atoms with Crippen LogP contribution in [0.2, 0.25) is 0 Å². The van der Waals surface area contributed by atoms with Crippen LogP contribution in [0.5, 0.6) is 0 Å². The molecule has 0 aliphatic carbocycles. The second-order valence-electron chi connectivity index (χ2n) is 6.77. The van der Waals surface area contributed by atoms with Crippen molar-refractivity contribution in [1.29, 1.82) is 0 Å². The molecule has 3 aromatic heterocycles. The number of H-pyrrole nitrogens is 2. The molecule has 1 saturated heterocycles. The van der Waals surface area contributed by atoms with Gasteiger partial charge in [0.1, 0.15) is 30.5 Å². The van der Waals surface area contributed by atoms with Crippen molar-refractivity contribution in [3.63, 3.8) is 0 Å². The zero-order chi connectivity index (χ0) is 17.5. The van der Waals surface area contributed by atoms with Gasteiger partial charge in [-0.25, -0.2) is 15.0 Å². The zero-order valence-corrected chi connectivity index (χ0v) is 14.7. The number of aromatic amines is 2. The first-order valence-electron chi connectivity index (χ1n) is 9.00. The highest BCUT2D eigenvalue weighted by molar-refractivity contribution is 6.09. The van der Waals surface area contributed by atoms with Crippen LogP contribution in [0.1, 0.15) is 5.56 Å². The number of benzene rings is 1. The molecule has 1 aliphatic heterocycles. The Bertz CT molecular complexity index is 1060. The predicted octanol–water partition coefficient (Wildman–Crippen LogP) is 2.56. The third-order valence-corrected chi connectivity index (χ3v) is 5.21. The van der Waals surface area contributed by atoms with Gasteiger partial charge in [-0.3, -0.25) is 4.90 Å². The highest BCUT2D eigenvalue weighted by Crippen LogP contribution is 2.31. The third kappa shape index (κ3) is 2.37. The third-order valence-electron chi connectivity index (χ3n) is 5.21. The van der Waals surface area contributed by atoms with Crippen molar-refractivity contribution in [1.82, 2.24) is 15.0 Å². The Morgan fingerprint density at radius 1 is 0.962 bits per heavy atom. The first-order valence-corrected chi connectivity index (χ1v) is 9.00. The first kappa shape index (κ1) is 15.1. The van der Waals surface area contributed by atoms with Crippen LogP contribution in [0.3, 0.4) is 0 Å². The van der Waals surface area contributed by atoms with Gasteiger partial charge in [0, 0.05) is 17.0 Å². The van der Waals surface area contributed by atoms with E-state index < -0.39 is 0 Å². The second kappa shape index (κ2) is 5.98. The highest BCUT2D eigenvalue weighted by atomic mass is 15.3. The lowest BCUT2D eigenvalue weighted by Gasteiger charge is -2.31. The van der Waals surface area contributed by atoms with Crippen molar-refractivity contribution in [3.05, 3.63) is 54.5 Å². The van der Waals surface area contributed by atoms with Crippen LogP contribution in [0.15, 0.2) is 48.9 Å². The van der Waals surface area contributed by atoms with Crippen molar-refractivity contribution in [3.8, 4) is 0 Å². The van der Waals surface area contributed by atoms with Gasteiger partial charge in [0.2, 0.25) is 0 Å². The molecule has 130 valence electrons. The SMILES string of the molecule is Cc1cccc2[nH]c3c(N4CCN(c5cccc[nH+]5)CC4)ncnc3c12. The Hall–Kier alpha value is -3.15. The lowest BCUT2D eigenvalue weighted by molar-refractivity contribution is -0.364. The molecule has 6 nitrogen and oxygen atoms in total. The van der Waals surface area contributed by atoms with Gasteiger partial charge < -0.3 is 9.88 Å². The lowest BCUT2D eigenvalue weighted by Crippen LogP contribution is -2.48. The highest BCUT2D eigenvalue weighted by Gasteiger charge is 2.25. The fourth-order valence-electron chi connectivity index (χ4n) is 3.88. The fraction of sp³-hybridized carbons (Fsp3) is 0.250. The maximum Gasteiger partial charge on any atom is 0.274 e. The Labute approximate surface area is 151 Å². The van der Waals surface area contributed by atoms with Crippen LogP contribution in [-0.4, -0.2) is 41.1 Å². The Morgan fingerprint density at radius 3 is 2.62 bits per heavy atom. The monoisotopic (exact) mass is 345 g/mol. The summed E-state index contributed by atoms with van der Waals surface area (Å²) < 4.78 is 0. The molecule has 26 heavy (non-hydrogen) atoms. The van der Waals surface area contributed by atoms with Crippen LogP contribution in [0.4, 0.5) is 11.6 Å². The van der Waals surface area contributed by atoms with Crippen LogP contribution in [0.25, 0.3) is 21.9 Å². The van der Waals surface area contributed by atoms with Crippen LogP contribution in [0, 0.1) is 6.92 Å². The summed E-state index contributed by atoms with van der Waals surface area (Å²) in [5.74, 6) is 2.17. The van der Waals surface area contributed by atoms with Gasteiger partial charge in [-0.05, 0) is 24.6 Å². The molecule has 5 rings (SSSR count). The van der Waals surface area contributed by atoms with Gasteiger partial charge in [0.05, 0.1) is 19.3 Å². The largest absolute Gasteiger partial charge is 0.350 e. The standard InChI is InChI=1S/C20H20N6/c1-14-5-4-6-15-17(14)18-19(24-15)20(23-13-22-18)26-11-9-25(10-12-26)16-7-2-3-8-21-16/h2-8,13,24H,9-12H2,1H3/p+1. The summed E-state index contributed by atoms with van der Waals surface area (Å²) >= 11 is 0. The first-order chi connectivity index (χ1) is 12.8. The van der Waals surface area contributed by atoms with Gasteiger partial charge in [-0.1, -0.05) is 18.2 Å². The minimum absolute atomic E-state index is 0.934. The number of hydrogen-bond donors (Lipinski definition) is 1. The second-order valence-corrected chi connectivity index (χ2v) is 6.77. The number of anilines is 2. The normalized spacial score (nSPS) is 15.1. The van der Waals surface area contributed by atoms with Crippen molar-refractivity contribution in [2.24, 2.45) is 0 Å². The molecule has 1 aliphatic rings. The van der Waals surface area contributed by atoms with E-state index in [9.17, 15) is 0 Å². The van der Waals surface area contributed by atoms with Gasteiger partial charge >= 0.3 is 0 Å². The minimum atomic E-state index is 0.934. The molecule has 0 amide bonds. The molecule has 6 heteroatoms. The van der Waals surface area contributed by atoms with Gasteiger partial charge in [-0.2, -0.15) is 0 Å². The van der Waals surface area contributed by atoms with E-state index in [1.165, 1.54) is 16.8 Å². The van der Waals surface area contributed by atoms with E-state index >= 15 is 0 Å². The van der Waals surface area contributed by atoms with Crippen LogP contribution in [-0.2, 0) is 0 Å². The van der Waals surface area contributed by atoms with E-state index in [0.29, 0.717) is 0 Å². The minimum Gasteiger partial charge on any atom is -0.350 e. The van der Waals surface area contributed by atoms with E-state index in [2.05, 4.69) is 67.0 Å². The number of hydrogen-bond acceptors (Lipinski definition) is 4. The summed E-state index contributed by atoms with van der Waals surface area (Å²) in [6, 6.07) is 12.5. The Kier molecular flexibility index (Phi) is 3.48. The Morgan fingerprint density at radius 2 is 1.81 bits per heavy atom. The predicted molar refractivity (Wildman–Crippen MR) is 104 cm³/mol. The molecular weight excluding hydrogens is 324 g/mol. The maximum atomic E-state index is 4.61. The summed E-state index contributed by atoms with van der Waals surface area (Å²) in [6.45, 7) is 5.93. The maximum absolute atomic E-state index is 4.61. The molecule has 1 fully saturated rings. The number of pyridine rings is 1. The topological polar surface area (TPSA) is 62.2 Å². The van der Waals surface area contributed by atoms with Crippen molar-refractivity contribution in [2.45, 2.75) is 6.92 Å². The summed E-state index contributed by atoms with van der Waals surface area (Å²) in [5, 5.41) is 1.20. The summed E-state index contributed by atoms with van der Waals surface area (Å²) in [6.07, 6.45) is 3.66. The number of fused-ring (bicyclic) bond motifs is 3. The lowest BCUT2D eigenvalue weighted by atomic mass is 10.1.